The van der Waals surface area contributed by atoms with Crippen molar-refractivity contribution < 1.29 is 9.21 Å². The second-order valence-electron chi connectivity index (χ2n) is 7.15. The molecule has 1 unspecified atom stereocenters. The maximum Gasteiger partial charge on any atom is 0.220 e. The average Bonchev–Trinajstić information content (AvgIpc) is 3.16. The Morgan fingerprint density at radius 3 is 2.57 bits per heavy atom. The number of aromatic nitrogens is 1. The Balaban J connectivity index is 0.00000196. The van der Waals surface area contributed by atoms with Gasteiger partial charge in [0, 0.05) is 31.0 Å². The van der Waals surface area contributed by atoms with E-state index in [0.717, 1.165) is 17.7 Å². The molecule has 1 heterocycles. The van der Waals surface area contributed by atoms with Crippen LogP contribution in [0.4, 0.5) is 0 Å². The molecule has 0 spiro atoms. The molecule has 2 aromatic rings. The number of nitrogens with one attached hydrogen (secondary N) is 1. The van der Waals surface area contributed by atoms with Crippen LogP contribution < -0.4 is 11.1 Å². The fourth-order valence-electron chi connectivity index (χ4n) is 3.75. The van der Waals surface area contributed by atoms with Crippen molar-refractivity contribution >= 4 is 30.7 Å². The van der Waals surface area contributed by atoms with E-state index in [1.165, 1.54) is 32.1 Å². The van der Waals surface area contributed by atoms with Crippen molar-refractivity contribution in [1.29, 1.82) is 0 Å². The summed E-state index contributed by atoms with van der Waals surface area (Å²) in [5.41, 5.74) is 6.91. The lowest BCUT2D eigenvalue weighted by atomic mass is 9.84. The Kier molecular flexibility index (Phi) is 11.2. The van der Waals surface area contributed by atoms with Crippen molar-refractivity contribution in [3.63, 3.8) is 0 Å². The summed E-state index contributed by atoms with van der Waals surface area (Å²) < 4.78 is 5.79. The largest absolute Gasteiger partial charge is 0.441 e. The molecule has 0 saturated heterocycles. The van der Waals surface area contributed by atoms with Crippen molar-refractivity contribution in [3.8, 4) is 11.3 Å². The fourth-order valence-corrected chi connectivity index (χ4v) is 3.75. The molecule has 1 aromatic carbocycles. The van der Waals surface area contributed by atoms with Gasteiger partial charge in [-0.3, -0.25) is 4.79 Å². The number of rotatable bonds is 8. The highest BCUT2D eigenvalue weighted by atomic mass is 35.5. The maximum atomic E-state index is 12.3. The lowest BCUT2D eigenvalue weighted by Crippen LogP contribution is -2.45. The van der Waals surface area contributed by atoms with Gasteiger partial charge in [-0.25, -0.2) is 4.98 Å². The average molecular weight is 428 g/mol. The van der Waals surface area contributed by atoms with Crippen LogP contribution in [0, 0.1) is 5.92 Å². The van der Waals surface area contributed by atoms with Gasteiger partial charge in [-0.05, 0) is 25.2 Å². The number of nitrogens with zero attached hydrogens (tertiary/aromatic N) is 1. The Bertz CT molecular complexity index is 688. The number of hydrogen-bond donors (Lipinski definition) is 2. The van der Waals surface area contributed by atoms with Crippen molar-refractivity contribution in [2.75, 3.05) is 6.54 Å². The van der Waals surface area contributed by atoms with Crippen LogP contribution in [-0.2, 0) is 11.2 Å². The SMILES string of the molecule is Cl.Cl.NCC(NC(=O)CCCc1ncc(-c2ccccc2)o1)C1CCCCC1. The lowest BCUT2D eigenvalue weighted by Gasteiger charge is -2.30. The number of halogens is 2. The van der Waals surface area contributed by atoms with Gasteiger partial charge in [0.2, 0.25) is 5.91 Å². The molecule has 1 fully saturated rings. The first-order valence-corrected chi connectivity index (χ1v) is 9.76. The molecule has 7 heteroatoms. The normalized spacial score (nSPS) is 15.2. The standard InChI is InChI=1S/C21H29N3O2.2ClH/c22-14-18(16-8-3-1-4-9-16)24-20(25)12-7-13-21-23-15-19(26-21)17-10-5-2-6-11-17;;/h2,5-6,10-11,15-16,18H,1,3-4,7-9,12-14,22H2,(H,24,25);2*1H. The Morgan fingerprint density at radius 2 is 1.89 bits per heavy atom. The van der Waals surface area contributed by atoms with Crippen LogP contribution in [0.1, 0.15) is 50.8 Å². The Morgan fingerprint density at radius 1 is 1.18 bits per heavy atom. The fraction of sp³-hybridized carbons (Fsp3) is 0.524. The summed E-state index contributed by atoms with van der Waals surface area (Å²) in [7, 11) is 0. The third kappa shape index (κ3) is 7.12. The molecule has 5 nitrogen and oxygen atoms in total. The monoisotopic (exact) mass is 427 g/mol. The van der Waals surface area contributed by atoms with Crippen LogP contribution in [-0.4, -0.2) is 23.5 Å². The van der Waals surface area contributed by atoms with Crippen LogP contribution in [0.25, 0.3) is 11.3 Å². The summed E-state index contributed by atoms with van der Waals surface area (Å²) in [6.07, 6.45) is 9.80. The van der Waals surface area contributed by atoms with E-state index in [9.17, 15) is 4.79 Å². The molecule has 1 aliphatic rings. The van der Waals surface area contributed by atoms with Gasteiger partial charge >= 0.3 is 0 Å². The zero-order valence-electron chi connectivity index (χ0n) is 16.1. The summed E-state index contributed by atoms with van der Waals surface area (Å²) in [6.45, 7) is 0.524. The zero-order valence-corrected chi connectivity index (χ0v) is 17.8. The van der Waals surface area contributed by atoms with Crippen molar-refractivity contribution in [2.45, 2.75) is 57.4 Å². The van der Waals surface area contributed by atoms with Gasteiger partial charge in [-0.1, -0.05) is 49.6 Å². The highest BCUT2D eigenvalue weighted by Crippen LogP contribution is 2.26. The summed E-state index contributed by atoms with van der Waals surface area (Å²) in [4.78, 5) is 16.6. The van der Waals surface area contributed by atoms with Gasteiger partial charge in [0.25, 0.3) is 0 Å². The first-order valence-electron chi connectivity index (χ1n) is 9.76. The minimum absolute atomic E-state index is 0. The van der Waals surface area contributed by atoms with E-state index in [1.807, 2.05) is 30.3 Å². The van der Waals surface area contributed by atoms with E-state index in [2.05, 4.69) is 10.3 Å². The van der Waals surface area contributed by atoms with Gasteiger partial charge < -0.3 is 15.5 Å². The van der Waals surface area contributed by atoms with E-state index in [-0.39, 0.29) is 36.8 Å². The summed E-state index contributed by atoms with van der Waals surface area (Å²) >= 11 is 0. The van der Waals surface area contributed by atoms with Gasteiger partial charge in [-0.2, -0.15) is 0 Å². The highest BCUT2D eigenvalue weighted by Gasteiger charge is 2.23. The molecule has 28 heavy (non-hydrogen) atoms. The number of hydrogen-bond acceptors (Lipinski definition) is 4. The van der Waals surface area contributed by atoms with Crippen molar-refractivity contribution in [1.82, 2.24) is 10.3 Å². The summed E-state index contributed by atoms with van der Waals surface area (Å²) in [5, 5.41) is 3.14. The van der Waals surface area contributed by atoms with Gasteiger partial charge in [-0.15, -0.1) is 24.8 Å². The molecule has 3 rings (SSSR count). The van der Waals surface area contributed by atoms with Crippen LogP contribution in [0.15, 0.2) is 40.9 Å². The second kappa shape index (κ2) is 12.8. The molecule has 0 bridgehead atoms. The Labute approximate surface area is 179 Å². The lowest BCUT2D eigenvalue weighted by molar-refractivity contribution is -0.122. The molecule has 1 saturated carbocycles. The zero-order chi connectivity index (χ0) is 18.2. The molecule has 1 amide bonds. The minimum atomic E-state index is 0. The number of benzene rings is 1. The molecule has 0 aliphatic heterocycles. The predicted octanol–water partition coefficient (Wildman–Crippen LogP) is 4.53. The third-order valence-electron chi connectivity index (χ3n) is 5.23. The quantitative estimate of drug-likeness (QED) is 0.647. The first-order chi connectivity index (χ1) is 12.8. The van der Waals surface area contributed by atoms with Crippen LogP contribution in [0.3, 0.4) is 0 Å². The maximum absolute atomic E-state index is 12.3. The number of carbonyl (C=O) groups is 1. The molecule has 3 N–H and O–H groups in total. The minimum Gasteiger partial charge on any atom is -0.441 e. The number of oxazole rings is 1. The second-order valence-corrected chi connectivity index (χ2v) is 7.15. The van der Waals surface area contributed by atoms with Crippen LogP contribution in [0.5, 0.6) is 0 Å². The number of nitrogens with two attached hydrogens (primary N) is 1. The number of amides is 1. The summed E-state index contributed by atoms with van der Waals surface area (Å²) in [5.74, 6) is 2.07. The van der Waals surface area contributed by atoms with Crippen molar-refractivity contribution in [3.05, 3.63) is 42.4 Å². The molecule has 1 aliphatic carbocycles. The predicted molar refractivity (Wildman–Crippen MR) is 117 cm³/mol. The third-order valence-corrected chi connectivity index (χ3v) is 5.23. The number of aryl methyl sites for hydroxylation is 1. The van der Waals surface area contributed by atoms with E-state index in [4.69, 9.17) is 10.2 Å². The van der Waals surface area contributed by atoms with Crippen molar-refractivity contribution in [2.24, 2.45) is 11.7 Å². The van der Waals surface area contributed by atoms with Crippen LogP contribution in [0.2, 0.25) is 0 Å². The van der Waals surface area contributed by atoms with E-state index < -0.39 is 0 Å². The Hall–Kier alpha value is -1.56. The van der Waals surface area contributed by atoms with E-state index in [0.29, 0.717) is 31.2 Å². The smallest absolute Gasteiger partial charge is 0.220 e. The molecule has 0 radical (unpaired) electrons. The molecule has 156 valence electrons. The van der Waals surface area contributed by atoms with E-state index >= 15 is 0 Å². The van der Waals surface area contributed by atoms with Crippen LogP contribution >= 0.6 is 24.8 Å². The van der Waals surface area contributed by atoms with E-state index in [1.54, 1.807) is 6.20 Å². The summed E-state index contributed by atoms with van der Waals surface area (Å²) in [6, 6.07) is 10.0. The highest BCUT2D eigenvalue weighted by molar-refractivity contribution is 5.85. The molecular formula is C21H31Cl2N3O2. The number of carbonyl (C=O) groups excluding carboxylic acids is 1. The van der Waals surface area contributed by atoms with Gasteiger partial charge in [0.05, 0.1) is 6.20 Å². The molecule has 1 aromatic heterocycles. The van der Waals surface area contributed by atoms with Gasteiger partial charge in [0.1, 0.15) is 0 Å². The molecular weight excluding hydrogens is 397 g/mol. The molecule has 1 atom stereocenters. The van der Waals surface area contributed by atoms with Gasteiger partial charge in [0.15, 0.2) is 11.7 Å². The topological polar surface area (TPSA) is 81.1 Å². The first kappa shape index (κ1) is 24.5.